The molecule has 7 nitrogen and oxygen atoms in total. The quantitative estimate of drug-likeness (QED) is 0.465. The molecule has 29 heavy (non-hydrogen) atoms. The SMILES string of the molecule is CN/C(=C\CN)c1cc(Nc2cnccn2)nc(N[C@@H](C)c2ccc(F)cc2)c1. The minimum atomic E-state index is -0.262. The molecule has 0 amide bonds. The van der Waals surface area contributed by atoms with Crippen LogP contribution in [-0.2, 0) is 0 Å². The van der Waals surface area contributed by atoms with Crippen molar-refractivity contribution in [3.05, 3.63) is 78.0 Å². The van der Waals surface area contributed by atoms with Gasteiger partial charge in [0.15, 0.2) is 0 Å². The standard InChI is InChI=1S/C21H24FN7/c1-14(15-3-5-17(22)6-4-15)27-19-11-16(18(24-2)7-8-23)12-20(28-19)29-21-13-25-9-10-26-21/h3-7,9-14,24H,8,23H2,1-2H3,(H2,26,27,28,29)/b18-7-/t14-/m0/s1. The van der Waals surface area contributed by atoms with E-state index in [1.54, 1.807) is 30.7 Å². The Morgan fingerprint density at radius 1 is 1.14 bits per heavy atom. The van der Waals surface area contributed by atoms with Crippen molar-refractivity contribution >= 4 is 23.2 Å². The van der Waals surface area contributed by atoms with Crippen LogP contribution in [0.4, 0.5) is 21.8 Å². The number of halogens is 1. The zero-order valence-corrected chi connectivity index (χ0v) is 16.4. The van der Waals surface area contributed by atoms with Gasteiger partial charge in [0.25, 0.3) is 0 Å². The highest BCUT2D eigenvalue weighted by Gasteiger charge is 2.11. The molecule has 0 radical (unpaired) electrons. The van der Waals surface area contributed by atoms with E-state index in [1.807, 2.05) is 32.2 Å². The lowest BCUT2D eigenvalue weighted by molar-refractivity contribution is 0.626. The van der Waals surface area contributed by atoms with Crippen LogP contribution in [0, 0.1) is 5.82 Å². The van der Waals surface area contributed by atoms with E-state index in [-0.39, 0.29) is 11.9 Å². The number of nitrogens with zero attached hydrogens (tertiary/aromatic N) is 3. The second-order valence-corrected chi connectivity index (χ2v) is 6.36. The fraction of sp³-hybridized carbons (Fsp3) is 0.190. The maximum atomic E-state index is 13.2. The average Bonchev–Trinajstić information content (AvgIpc) is 2.73. The lowest BCUT2D eigenvalue weighted by Gasteiger charge is -2.18. The zero-order chi connectivity index (χ0) is 20.6. The molecular formula is C21H24FN7. The summed E-state index contributed by atoms with van der Waals surface area (Å²) in [5, 5.41) is 9.69. The Morgan fingerprint density at radius 2 is 1.90 bits per heavy atom. The summed E-state index contributed by atoms with van der Waals surface area (Å²) in [7, 11) is 1.84. The second-order valence-electron chi connectivity index (χ2n) is 6.36. The summed E-state index contributed by atoms with van der Waals surface area (Å²) >= 11 is 0. The van der Waals surface area contributed by atoms with Crippen molar-refractivity contribution in [3.8, 4) is 0 Å². The van der Waals surface area contributed by atoms with Crippen LogP contribution in [0.1, 0.15) is 24.1 Å². The molecule has 150 valence electrons. The molecule has 1 aromatic carbocycles. The molecular weight excluding hydrogens is 369 g/mol. The first-order valence-corrected chi connectivity index (χ1v) is 9.24. The van der Waals surface area contributed by atoms with Crippen LogP contribution in [0.25, 0.3) is 5.70 Å². The van der Waals surface area contributed by atoms with E-state index in [2.05, 4.69) is 30.9 Å². The summed E-state index contributed by atoms with van der Waals surface area (Å²) in [5.41, 5.74) is 8.45. The van der Waals surface area contributed by atoms with Gasteiger partial charge in [0.05, 0.1) is 6.20 Å². The van der Waals surface area contributed by atoms with Gasteiger partial charge in [-0.25, -0.2) is 14.4 Å². The van der Waals surface area contributed by atoms with Gasteiger partial charge < -0.3 is 21.7 Å². The molecule has 3 aromatic rings. The highest BCUT2D eigenvalue weighted by atomic mass is 19.1. The Bertz CT molecular complexity index is 959. The Hall–Kier alpha value is -3.52. The van der Waals surface area contributed by atoms with Crippen LogP contribution in [0.2, 0.25) is 0 Å². The number of rotatable bonds is 8. The monoisotopic (exact) mass is 393 g/mol. The normalized spacial score (nSPS) is 12.3. The second kappa shape index (κ2) is 9.61. The zero-order valence-electron chi connectivity index (χ0n) is 16.4. The van der Waals surface area contributed by atoms with Gasteiger partial charge in [-0.05, 0) is 42.8 Å². The minimum absolute atomic E-state index is 0.0701. The van der Waals surface area contributed by atoms with E-state index in [1.165, 1.54) is 12.1 Å². The summed E-state index contributed by atoms with van der Waals surface area (Å²) in [6.07, 6.45) is 6.73. The van der Waals surface area contributed by atoms with E-state index >= 15 is 0 Å². The number of nitrogens with two attached hydrogens (primary N) is 1. The van der Waals surface area contributed by atoms with E-state index in [0.717, 1.165) is 16.8 Å². The third-order valence-corrected chi connectivity index (χ3v) is 4.28. The molecule has 3 rings (SSSR count). The summed E-state index contributed by atoms with van der Waals surface area (Å²) < 4.78 is 13.2. The first-order valence-electron chi connectivity index (χ1n) is 9.24. The third-order valence-electron chi connectivity index (χ3n) is 4.28. The van der Waals surface area contributed by atoms with Crippen LogP contribution in [0.15, 0.2) is 61.1 Å². The van der Waals surface area contributed by atoms with Crippen LogP contribution < -0.4 is 21.7 Å². The highest BCUT2D eigenvalue weighted by molar-refractivity contribution is 5.70. The number of benzene rings is 1. The minimum Gasteiger partial charge on any atom is -0.388 e. The van der Waals surface area contributed by atoms with Crippen molar-refractivity contribution in [3.63, 3.8) is 0 Å². The molecule has 0 saturated heterocycles. The van der Waals surface area contributed by atoms with Crippen molar-refractivity contribution in [2.45, 2.75) is 13.0 Å². The number of hydrogen-bond acceptors (Lipinski definition) is 7. The van der Waals surface area contributed by atoms with Crippen molar-refractivity contribution in [2.24, 2.45) is 5.73 Å². The number of nitrogens with one attached hydrogen (secondary N) is 3. The first-order chi connectivity index (χ1) is 14.1. The number of aromatic nitrogens is 3. The largest absolute Gasteiger partial charge is 0.388 e. The fourth-order valence-corrected chi connectivity index (χ4v) is 2.86. The van der Waals surface area contributed by atoms with Crippen molar-refractivity contribution < 1.29 is 4.39 Å². The average molecular weight is 393 g/mol. The van der Waals surface area contributed by atoms with Crippen LogP contribution in [0.5, 0.6) is 0 Å². The molecule has 2 aromatic heterocycles. The molecule has 1 atom stereocenters. The molecule has 0 spiro atoms. The van der Waals surface area contributed by atoms with Gasteiger partial charge in [-0.3, -0.25) is 4.98 Å². The highest BCUT2D eigenvalue weighted by Crippen LogP contribution is 2.25. The topological polar surface area (TPSA) is 101 Å². The van der Waals surface area contributed by atoms with Crippen molar-refractivity contribution in [1.82, 2.24) is 20.3 Å². The maximum Gasteiger partial charge on any atom is 0.150 e. The Balaban J connectivity index is 1.92. The summed E-state index contributed by atoms with van der Waals surface area (Å²) in [6.45, 7) is 2.40. The Labute approximate surface area is 169 Å². The van der Waals surface area contributed by atoms with Gasteiger partial charge in [0.1, 0.15) is 23.3 Å². The maximum absolute atomic E-state index is 13.2. The summed E-state index contributed by atoms with van der Waals surface area (Å²) in [4.78, 5) is 12.9. The Kier molecular flexibility index (Phi) is 6.70. The molecule has 2 heterocycles. The van der Waals surface area contributed by atoms with E-state index in [4.69, 9.17) is 5.73 Å². The predicted octanol–water partition coefficient (Wildman–Crippen LogP) is 3.45. The van der Waals surface area contributed by atoms with E-state index < -0.39 is 0 Å². The van der Waals surface area contributed by atoms with Crippen molar-refractivity contribution in [1.29, 1.82) is 0 Å². The predicted molar refractivity (Wildman–Crippen MR) is 114 cm³/mol. The van der Waals surface area contributed by atoms with Gasteiger partial charge in [0, 0.05) is 43.3 Å². The van der Waals surface area contributed by atoms with Crippen LogP contribution >= 0.6 is 0 Å². The van der Waals surface area contributed by atoms with Gasteiger partial charge >= 0.3 is 0 Å². The van der Waals surface area contributed by atoms with Gasteiger partial charge in [0.2, 0.25) is 0 Å². The molecule has 0 unspecified atom stereocenters. The van der Waals surface area contributed by atoms with Gasteiger partial charge in [-0.15, -0.1) is 0 Å². The molecule has 0 saturated carbocycles. The first kappa shape index (κ1) is 20.2. The molecule has 0 aliphatic rings. The lowest BCUT2D eigenvalue weighted by Crippen LogP contribution is -2.12. The molecule has 5 N–H and O–H groups in total. The van der Waals surface area contributed by atoms with Crippen molar-refractivity contribution in [2.75, 3.05) is 24.2 Å². The number of hydrogen-bond donors (Lipinski definition) is 4. The third kappa shape index (κ3) is 5.49. The van der Waals surface area contributed by atoms with E-state index in [9.17, 15) is 4.39 Å². The van der Waals surface area contributed by atoms with E-state index in [0.29, 0.717) is 24.0 Å². The fourth-order valence-electron chi connectivity index (χ4n) is 2.86. The molecule has 8 heteroatoms. The van der Waals surface area contributed by atoms with Gasteiger partial charge in [-0.2, -0.15) is 0 Å². The number of anilines is 3. The molecule has 0 fully saturated rings. The van der Waals surface area contributed by atoms with Gasteiger partial charge in [-0.1, -0.05) is 12.1 Å². The Morgan fingerprint density at radius 3 is 2.55 bits per heavy atom. The molecule has 0 aliphatic heterocycles. The van der Waals surface area contributed by atoms with Crippen LogP contribution in [0.3, 0.4) is 0 Å². The number of pyridine rings is 1. The van der Waals surface area contributed by atoms with Crippen LogP contribution in [-0.4, -0.2) is 28.5 Å². The summed E-state index contributed by atoms with van der Waals surface area (Å²) in [5.74, 6) is 1.59. The summed E-state index contributed by atoms with van der Waals surface area (Å²) in [6, 6.07) is 10.2. The smallest absolute Gasteiger partial charge is 0.150 e. The molecule has 0 aliphatic carbocycles. The molecule has 0 bridgehead atoms. The lowest BCUT2D eigenvalue weighted by atomic mass is 10.1.